The number of halogens is 1. The standard InChI is InChI=1S/C14H13ClN4O/c15-10-3-1-2-9(8-10)14(20)17-13-7-6-12(18-19-13)16-11-4-5-11/h1-3,6-8,11H,4-5H2,(H,16,18)(H,17,19,20). The lowest BCUT2D eigenvalue weighted by molar-refractivity contribution is 0.102. The molecule has 5 nitrogen and oxygen atoms in total. The van der Waals surface area contributed by atoms with Gasteiger partial charge in [0, 0.05) is 16.6 Å². The van der Waals surface area contributed by atoms with Gasteiger partial charge in [-0.3, -0.25) is 4.79 Å². The number of nitrogens with one attached hydrogen (secondary N) is 2. The zero-order valence-corrected chi connectivity index (χ0v) is 11.4. The van der Waals surface area contributed by atoms with Crippen molar-refractivity contribution in [2.75, 3.05) is 10.6 Å². The first-order valence-corrected chi connectivity index (χ1v) is 6.76. The largest absolute Gasteiger partial charge is 0.366 e. The van der Waals surface area contributed by atoms with Gasteiger partial charge in [-0.05, 0) is 43.2 Å². The fraction of sp³-hybridized carbons (Fsp3) is 0.214. The van der Waals surface area contributed by atoms with E-state index in [2.05, 4.69) is 20.8 Å². The predicted molar refractivity (Wildman–Crippen MR) is 78.1 cm³/mol. The van der Waals surface area contributed by atoms with Crippen LogP contribution in [0.25, 0.3) is 0 Å². The molecule has 1 aromatic carbocycles. The van der Waals surface area contributed by atoms with Crippen LogP contribution in [0.15, 0.2) is 36.4 Å². The average Bonchev–Trinajstić information content (AvgIpc) is 3.25. The molecule has 1 saturated carbocycles. The van der Waals surface area contributed by atoms with Crippen LogP contribution in [0.3, 0.4) is 0 Å². The van der Waals surface area contributed by atoms with Crippen molar-refractivity contribution in [3.05, 3.63) is 47.0 Å². The lowest BCUT2D eigenvalue weighted by Crippen LogP contribution is -2.13. The number of carbonyl (C=O) groups excluding carboxylic acids is 1. The Morgan fingerprint density at radius 1 is 1.15 bits per heavy atom. The summed E-state index contributed by atoms with van der Waals surface area (Å²) in [7, 11) is 0. The smallest absolute Gasteiger partial charge is 0.256 e. The average molecular weight is 289 g/mol. The van der Waals surface area contributed by atoms with Gasteiger partial charge in [-0.2, -0.15) is 0 Å². The quantitative estimate of drug-likeness (QED) is 0.908. The number of nitrogens with zero attached hydrogens (tertiary/aromatic N) is 2. The maximum absolute atomic E-state index is 12.0. The number of aromatic nitrogens is 2. The van der Waals surface area contributed by atoms with E-state index in [1.807, 2.05) is 0 Å². The van der Waals surface area contributed by atoms with E-state index in [9.17, 15) is 4.79 Å². The van der Waals surface area contributed by atoms with E-state index in [0.29, 0.717) is 22.4 Å². The van der Waals surface area contributed by atoms with Gasteiger partial charge in [-0.25, -0.2) is 0 Å². The predicted octanol–water partition coefficient (Wildman–Crippen LogP) is 2.96. The molecule has 1 aromatic heterocycles. The molecule has 1 fully saturated rings. The Hall–Kier alpha value is -2.14. The third-order valence-corrected chi connectivity index (χ3v) is 3.16. The zero-order valence-electron chi connectivity index (χ0n) is 10.6. The molecule has 3 rings (SSSR count). The summed E-state index contributed by atoms with van der Waals surface area (Å²) in [4.78, 5) is 12.0. The topological polar surface area (TPSA) is 66.9 Å². The molecule has 102 valence electrons. The SMILES string of the molecule is O=C(Nc1ccc(NC2CC2)nn1)c1cccc(Cl)c1. The van der Waals surface area contributed by atoms with Crippen molar-refractivity contribution in [2.45, 2.75) is 18.9 Å². The molecule has 2 N–H and O–H groups in total. The van der Waals surface area contributed by atoms with Crippen molar-refractivity contribution in [2.24, 2.45) is 0 Å². The third kappa shape index (κ3) is 3.24. The summed E-state index contributed by atoms with van der Waals surface area (Å²) < 4.78 is 0. The summed E-state index contributed by atoms with van der Waals surface area (Å²) in [6.07, 6.45) is 2.35. The summed E-state index contributed by atoms with van der Waals surface area (Å²) in [5, 5.41) is 14.4. The molecular weight excluding hydrogens is 276 g/mol. The Balaban J connectivity index is 1.65. The molecule has 0 spiro atoms. The molecule has 1 aliphatic rings. The van der Waals surface area contributed by atoms with E-state index in [1.54, 1.807) is 36.4 Å². The summed E-state index contributed by atoms with van der Waals surface area (Å²) in [5.41, 5.74) is 0.486. The Bertz CT molecular complexity index is 625. The lowest BCUT2D eigenvalue weighted by atomic mass is 10.2. The Kier molecular flexibility index (Phi) is 3.52. The second-order valence-corrected chi connectivity index (χ2v) is 5.12. The minimum absolute atomic E-state index is 0.260. The van der Waals surface area contributed by atoms with Gasteiger partial charge in [0.2, 0.25) is 0 Å². The van der Waals surface area contributed by atoms with Crippen LogP contribution in [0.5, 0.6) is 0 Å². The van der Waals surface area contributed by atoms with Gasteiger partial charge < -0.3 is 10.6 Å². The number of rotatable bonds is 4. The molecule has 0 bridgehead atoms. The highest BCUT2D eigenvalue weighted by atomic mass is 35.5. The van der Waals surface area contributed by atoms with Gasteiger partial charge in [0.05, 0.1) is 0 Å². The Labute approximate surface area is 121 Å². The van der Waals surface area contributed by atoms with Gasteiger partial charge in [0.15, 0.2) is 5.82 Å². The van der Waals surface area contributed by atoms with Gasteiger partial charge in [-0.1, -0.05) is 17.7 Å². The van der Waals surface area contributed by atoms with Crippen LogP contribution in [-0.2, 0) is 0 Å². The molecule has 0 radical (unpaired) electrons. The lowest BCUT2D eigenvalue weighted by Gasteiger charge is -2.06. The van der Waals surface area contributed by atoms with Crippen molar-refractivity contribution in [3.63, 3.8) is 0 Å². The fourth-order valence-corrected chi connectivity index (χ4v) is 1.92. The number of carbonyl (C=O) groups is 1. The van der Waals surface area contributed by atoms with Crippen molar-refractivity contribution < 1.29 is 4.79 Å². The normalized spacial score (nSPS) is 13.8. The van der Waals surface area contributed by atoms with Crippen LogP contribution in [0, 0.1) is 0 Å². The van der Waals surface area contributed by atoms with E-state index in [4.69, 9.17) is 11.6 Å². The molecule has 0 aliphatic heterocycles. The van der Waals surface area contributed by atoms with E-state index in [1.165, 1.54) is 12.8 Å². The van der Waals surface area contributed by atoms with Gasteiger partial charge in [0.1, 0.15) is 5.82 Å². The molecular formula is C14H13ClN4O. The second kappa shape index (κ2) is 5.46. The van der Waals surface area contributed by atoms with Crippen LogP contribution >= 0.6 is 11.6 Å². The van der Waals surface area contributed by atoms with Crippen LogP contribution < -0.4 is 10.6 Å². The maximum atomic E-state index is 12.0. The van der Waals surface area contributed by atoms with Gasteiger partial charge in [-0.15, -0.1) is 10.2 Å². The third-order valence-electron chi connectivity index (χ3n) is 2.92. The van der Waals surface area contributed by atoms with Crippen LogP contribution in [0.2, 0.25) is 5.02 Å². The van der Waals surface area contributed by atoms with Crippen LogP contribution in [0.4, 0.5) is 11.6 Å². The second-order valence-electron chi connectivity index (χ2n) is 4.69. The molecule has 1 amide bonds. The number of hydrogen-bond acceptors (Lipinski definition) is 4. The summed E-state index contributed by atoms with van der Waals surface area (Å²) in [6.45, 7) is 0. The molecule has 6 heteroatoms. The highest BCUT2D eigenvalue weighted by molar-refractivity contribution is 6.31. The summed E-state index contributed by atoms with van der Waals surface area (Å²) in [5.74, 6) is 0.884. The van der Waals surface area contributed by atoms with Crippen LogP contribution in [0.1, 0.15) is 23.2 Å². The minimum atomic E-state index is -0.260. The zero-order chi connectivity index (χ0) is 13.9. The molecule has 0 unspecified atom stereocenters. The fourth-order valence-electron chi connectivity index (χ4n) is 1.73. The number of anilines is 2. The molecule has 0 atom stereocenters. The van der Waals surface area contributed by atoms with E-state index in [-0.39, 0.29) is 5.91 Å². The van der Waals surface area contributed by atoms with E-state index in [0.717, 1.165) is 5.82 Å². The maximum Gasteiger partial charge on any atom is 0.256 e. The molecule has 1 heterocycles. The molecule has 0 saturated heterocycles. The highest BCUT2D eigenvalue weighted by Crippen LogP contribution is 2.23. The first-order chi connectivity index (χ1) is 9.70. The molecule has 1 aliphatic carbocycles. The first-order valence-electron chi connectivity index (χ1n) is 6.38. The number of amides is 1. The monoisotopic (exact) mass is 288 g/mol. The van der Waals surface area contributed by atoms with Crippen molar-refractivity contribution in [3.8, 4) is 0 Å². The summed E-state index contributed by atoms with van der Waals surface area (Å²) >= 11 is 5.85. The van der Waals surface area contributed by atoms with Crippen molar-refractivity contribution in [1.29, 1.82) is 0 Å². The minimum Gasteiger partial charge on any atom is -0.366 e. The number of hydrogen-bond donors (Lipinski definition) is 2. The van der Waals surface area contributed by atoms with Crippen molar-refractivity contribution in [1.82, 2.24) is 10.2 Å². The molecule has 2 aromatic rings. The van der Waals surface area contributed by atoms with Gasteiger partial charge in [0.25, 0.3) is 5.91 Å². The number of benzene rings is 1. The highest BCUT2D eigenvalue weighted by Gasteiger charge is 2.21. The first kappa shape index (κ1) is 12.9. The van der Waals surface area contributed by atoms with Crippen molar-refractivity contribution >= 4 is 29.1 Å². The molecule has 20 heavy (non-hydrogen) atoms. The summed E-state index contributed by atoms with van der Waals surface area (Å²) in [6, 6.07) is 10.8. The Morgan fingerprint density at radius 2 is 1.90 bits per heavy atom. The van der Waals surface area contributed by atoms with E-state index >= 15 is 0 Å². The van der Waals surface area contributed by atoms with E-state index < -0.39 is 0 Å². The van der Waals surface area contributed by atoms with Gasteiger partial charge >= 0.3 is 0 Å². The Morgan fingerprint density at radius 3 is 2.55 bits per heavy atom. The van der Waals surface area contributed by atoms with Crippen LogP contribution in [-0.4, -0.2) is 22.1 Å².